The van der Waals surface area contributed by atoms with Crippen LogP contribution in [0.2, 0.25) is 0 Å². The Morgan fingerprint density at radius 3 is 2.91 bits per heavy atom. The van der Waals surface area contributed by atoms with Gasteiger partial charge in [-0.15, -0.1) is 12.4 Å². The summed E-state index contributed by atoms with van der Waals surface area (Å²) in [6, 6.07) is 8.17. The number of carbonyl (C=O) groups excluding carboxylic acids is 1. The number of amides is 1. The predicted molar refractivity (Wildman–Crippen MR) is 97.4 cm³/mol. The van der Waals surface area contributed by atoms with Gasteiger partial charge in [0.05, 0.1) is 6.54 Å². The number of anilines is 1. The van der Waals surface area contributed by atoms with E-state index in [4.69, 9.17) is 0 Å². The van der Waals surface area contributed by atoms with Crippen LogP contribution in [-0.2, 0) is 4.79 Å². The Hall–Kier alpha value is -1.10. The van der Waals surface area contributed by atoms with Gasteiger partial charge in [0.25, 0.3) is 0 Å². The third kappa shape index (κ3) is 4.46. The molecule has 2 aliphatic rings. The molecule has 1 aromatic carbocycles. The first-order chi connectivity index (χ1) is 10.6. The maximum atomic E-state index is 12.3. The number of hydrogen-bond acceptors (Lipinski definition) is 3. The molecular weight excluding hydrogens is 310 g/mol. The molecule has 1 unspecified atom stereocenters. The quantitative estimate of drug-likeness (QED) is 0.888. The van der Waals surface area contributed by atoms with Crippen molar-refractivity contribution in [2.75, 3.05) is 38.0 Å². The predicted octanol–water partition coefficient (Wildman–Crippen LogP) is 2.86. The lowest BCUT2D eigenvalue weighted by Gasteiger charge is -2.22. The Bertz CT molecular complexity index is 541. The third-order valence-corrected chi connectivity index (χ3v) is 5.05. The van der Waals surface area contributed by atoms with Crippen molar-refractivity contribution < 1.29 is 4.79 Å². The number of benzene rings is 1. The summed E-state index contributed by atoms with van der Waals surface area (Å²) in [5.74, 6) is 0.578. The second kappa shape index (κ2) is 7.65. The molecule has 4 nitrogen and oxygen atoms in total. The Kier molecular flexibility index (Phi) is 6.06. The molecule has 23 heavy (non-hydrogen) atoms. The van der Waals surface area contributed by atoms with E-state index in [2.05, 4.69) is 41.5 Å². The van der Waals surface area contributed by atoms with Gasteiger partial charge in [0.2, 0.25) is 5.91 Å². The van der Waals surface area contributed by atoms with E-state index in [9.17, 15) is 4.79 Å². The fraction of sp³-hybridized carbons (Fsp3) is 0.611. The summed E-state index contributed by atoms with van der Waals surface area (Å²) >= 11 is 0. The monoisotopic (exact) mass is 337 g/mol. The molecule has 0 bridgehead atoms. The largest absolute Gasteiger partial charge is 0.325 e. The molecule has 0 radical (unpaired) electrons. The zero-order valence-electron chi connectivity index (χ0n) is 14.1. The van der Waals surface area contributed by atoms with Gasteiger partial charge in [0, 0.05) is 18.8 Å². The van der Waals surface area contributed by atoms with E-state index in [1.165, 1.54) is 18.4 Å². The molecule has 2 heterocycles. The van der Waals surface area contributed by atoms with Crippen LogP contribution in [0.5, 0.6) is 0 Å². The summed E-state index contributed by atoms with van der Waals surface area (Å²) in [7, 11) is 0. The maximum Gasteiger partial charge on any atom is 0.238 e. The lowest BCUT2D eigenvalue weighted by molar-refractivity contribution is -0.117. The molecule has 1 atom stereocenters. The zero-order valence-corrected chi connectivity index (χ0v) is 14.9. The van der Waals surface area contributed by atoms with E-state index >= 15 is 0 Å². The fourth-order valence-electron chi connectivity index (χ4n) is 3.69. The number of halogens is 1. The van der Waals surface area contributed by atoms with Crippen LogP contribution in [0.25, 0.3) is 0 Å². The van der Waals surface area contributed by atoms with Gasteiger partial charge in [-0.1, -0.05) is 26.0 Å². The van der Waals surface area contributed by atoms with Crippen molar-refractivity contribution in [1.29, 1.82) is 0 Å². The smallest absolute Gasteiger partial charge is 0.238 e. The standard InChI is InChI=1S/C18H27N3O.ClH/c1-14(2)15-4-3-5-16(10-15)20-17(22)11-21-9-7-18(13-21)6-8-19-12-18;/h3-5,10,14,19H,6-9,11-13H2,1-2H3,(H,20,22);1H. The molecule has 0 aromatic heterocycles. The molecule has 0 saturated carbocycles. The highest BCUT2D eigenvalue weighted by Crippen LogP contribution is 2.35. The maximum absolute atomic E-state index is 12.3. The second-order valence-electron chi connectivity index (χ2n) is 7.22. The summed E-state index contributed by atoms with van der Waals surface area (Å²) in [6.07, 6.45) is 2.47. The Labute approximate surface area is 145 Å². The topological polar surface area (TPSA) is 44.4 Å². The van der Waals surface area contributed by atoms with Gasteiger partial charge < -0.3 is 10.6 Å². The van der Waals surface area contributed by atoms with E-state index in [-0.39, 0.29) is 18.3 Å². The van der Waals surface area contributed by atoms with Gasteiger partial charge in [-0.25, -0.2) is 0 Å². The first kappa shape index (κ1) is 18.2. The number of likely N-dealkylation sites (tertiary alicyclic amines) is 1. The van der Waals surface area contributed by atoms with Crippen LogP contribution in [0.15, 0.2) is 24.3 Å². The first-order valence-electron chi connectivity index (χ1n) is 8.39. The SMILES string of the molecule is CC(C)c1cccc(NC(=O)CN2CCC3(CCNC3)C2)c1.Cl. The van der Waals surface area contributed by atoms with E-state index in [1.807, 2.05) is 12.1 Å². The minimum atomic E-state index is 0. The van der Waals surface area contributed by atoms with Crippen LogP contribution < -0.4 is 10.6 Å². The van der Waals surface area contributed by atoms with E-state index in [0.29, 0.717) is 17.9 Å². The second-order valence-corrected chi connectivity index (χ2v) is 7.22. The summed E-state index contributed by atoms with van der Waals surface area (Å²) in [6.45, 7) is 9.18. The summed E-state index contributed by atoms with van der Waals surface area (Å²) in [5, 5.41) is 6.51. The van der Waals surface area contributed by atoms with Gasteiger partial charge in [-0.2, -0.15) is 0 Å². The Balaban J connectivity index is 0.00000192. The minimum absolute atomic E-state index is 0. The van der Waals surface area contributed by atoms with Crippen LogP contribution in [0, 0.1) is 5.41 Å². The number of nitrogens with one attached hydrogen (secondary N) is 2. The van der Waals surface area contributed by atoms with Crippen molar-refractivity contribution in [3.63, 3.8) is 0 Å². The zero-order chi connectivity index (χ0) is 15.6. The van der Waals surface area contributed by atoms with Gasteiger partial charge >= 0.3 is 0 Å². The normalized spacial score (nSPS) is 24.1. The first-order valence-corrected chi connectivity index (χ1v) is 8.39. The molecule has 3 rings (SSSR count). The molecule has 1 aromatic rings. The van der Waals surface area contributed by atoms with Crippen molar-refractivity contribution in [1.82, 2.24) is 10.2 Å². The van der Waals surface area contributed by atoms with Crippen LogP contribution in [0.4, 0.5) is 5.69 Å². The van der Waals surface area contributed by atoms with Crippen LogP contribution in [0.1, 0.15) is 38.2 Å². The highest BCUT2D eigenvalue weighted by molar-refractivity contribution is 5.92. The van der Waals surface area contributed by atoms with Crippen LogP contribution in [-0.4, -0.2) is 43.5 Å². The third-order valence-electron chi connectivity index (χ3n) is 5.05. The minimum Gasteiger partial charge on any atom is -0.325 e. The van der Waals surface area contributed by atoms with Crippen molar-refractivity contribution >= 4 is 24.0 Å². The van der Waals surface area contributed by atoms with Crippen molar-refractivity contribution in [2.45, 2.75) is 32.6 Å². The average molecular weight is 338 g/mol. The fourth-order valence-corrected chi connectivity index (χ4v) is 3.69. The van der Waals surface area contributed by atoms with E-state index in [1.54, 1.807) is 0 Å². The molecule has 128 valence electrons. The highest BCUT2D eigenvalue weighted by Gasteiger charge is 2.40. The Morgan fingerprint density at radius 2 is 2.22 bits per heavy atom. The highest BCUT2D eigenvalue weighted by atomic mass is 35.5. The van der Waals surface area contributed by atoms with Crippen LogP contribution >= 0.6 is 12.4 Å². The lowest BCUT2D eigenvalue weighted by atomic mass is 9.87. The summed E-state index contributed by atoms with van der Waals surface area (Å²) in [4.78, 5) is 14.6. The molecule has 2 N–H and O–H groups in total. The van der Waals surface area contributed by atoms with Gasteiger partial charge in [0.1, 0.15) is 0 Å². The number of rotatable bonds is 4. The molecule has 5 heteroatoms. The Morgan fingerprint density at radius 1 is 1.39 bits per heavy atom. The molecule has 2 aliphatic heterocycles. The van der Waals surface area contributed by atoms with Crippen molar-refractivity contribution in [3.05, 3.63) is 29.8 Å². The molecule has 1 spiro atoms. The van der Waals surface area contributed by atoms with Crippen molar-refractivity contribution in [2.24, 2.45) is 5.41 Å². The molecule has 2 fully saturated rings. The summed E-state index contributed by atoms with van der Waals surface area (Å²) < 4.78 is 0. The van der Waals surface area contributed by atoms with Gasteiger partial charge in [0.15, 0.2) is 0 Å². The van der Waals surface area contributed by atoms with Gasteiger partial charge in [-0.05, 0) is 55.0 Å². The van der Waals surface area contributed by atoms with Crippen LogP contribution in [0.3, 0.4) is 0 Å². The molecule has 0 aliphatic carbocycles. The molecule has 2 saturated heterocycles. The number of nitrogens with zero attached hydrogens (tertiary/aromatic N) is 1. The summed E-state index contributed by atoms with van der Waals surface area (Å²) in [5.41, 5.74) is 2.60. The number of hydrogen-bond donors (Lipinski definition) is 2. The van der Waals surface area contributed by atoms with Crippen molar-refractivity contribution in [3.8, 4) is 0 Å². The molecular formula is C18H28ClN3O. The molecule has 1 amide bonds. The van der Waals surface area contributed by atoms with E-state index < -0.39 is 0 Å². The average Bonchev–Trinajstić information content (AvgIpc) is 3.09. The van der Waals surface area contributed by atoms with Gasteiger partial charge in [-0.3, -0.25) is 9.69 Å². The van der Waals surface area contributed by atoms with E-state index in [0.717, 1.165) is 31.9 Å². The number of carbonyl (C=O) groups is 1. The lowest BCUT2D eigenvalue weighted by Crippen LogP contribution is -2.34.